The van der Waals surface area contributed by atoms with Crippen LogP contribution < -0.4 is 5.32 Å². The van der Waals surface area contributed by atoms with Gasteiger partial charge in [-0.2, -0.15) is 0 Å². The molecule has 2 rings (SSSR count). The average Bonchev–Trinajstić information content (AvgIpc) is 2.40. The maximum atomic E-state index is 4.43. The van der Waals surface area contributed by atoms with Gasteiger partial charge in [0, 0.05) is 18.4 Å². The average molecular weight is 245 g/mol. The maximum absolute atomic E-state index is 4.43. The SMILES string of the molecule is CNC(C)c1ccc(Sc2ccccn2)nc1. The van der Waals surface area contributed by atoms with Crippen LogP contribution >= 0.6 is 11.8 Å². The molecule has 0 bridgehead atoms. The smallest absolute Gasteiger partial charge is 0.102 e. The van der Waals surface area contributed by atoms with Crippen molar-refractivity contribution in [3.8, 4) is 0 Å². The summed E-state index contributed by atoms with van der Waals surface area (Å²) in [4.78, 5) is 8.68. The lowest BCUT2D eigenvalue weighted by atomic mass is 10.1. The van der Waals surface area contributed by atoms with Gasteiger partial charge in [-0.05, 0) is 37.7 Å². The van der Waals surface area contributed by atoms with Crippen molar-refractivity contribution in [2.75, 3.05) is 7.05 Å². The molecule has 0 aliphatic carbocycles. The van der Waals surface area contributed by atoms with E-state index in [9.17, 15) is 0 Å². The molecule has 0 fully saturated rings. The highest BCUT2D eigenvalue weighted by molar-refractivity contribution is 7.99. The first kappa shape index (κ1) is 12.1. The third-order valence-electron chi connectivity index (χ3n) is 2.54. The van der Waals surface area contributed by atoms with Gasteiger partial charge in [-0.25, -0.2) is 9.97 Å². The Morgan fingerprint density at radius 2 is 1.94 bits per heavy atom. The zero-order valence-corrected chi connectivity index (χ0v) is 10.7. The van der Waals surface area contributed by atoms with Crippen molar-refractivity contribution in [2.45, 2.75) is 23.0 Å². The van der Waals surface area contributed by atoms with Crippen LogP contribution in [-0.4, -0.2) is 17.0 Å². The number of rotatable bonds is 4. The van der Waals surface area contributed by atoms with Gasteiger partial charge < -0.3 is 5.32 Å². The first-order valence-corrected chi connectivity index (χ1v) is 6.33. The molecule has 0 amide bonds. The van der Waals surface area contributed by atoms with Crippen LogP contribution in [0.2, 0.25) is 0 Å². The van der Waals surface area contributed by atoms with Gasteiger partial charge in [0.1, 0.15) is 10.1 Å². The van der Waals surface area contributed by atoms with Crippen LogP contribution in [0.4, 0.5) is 0 Å². The highest BCUT2D eigenvalue weighted by Crippen LogP contribution is 2.24. The molecule has 17 heavy (non-hydrogen) atoms. The van der Waals surface area contributed by atoms with Crippen LogP contribution in [0.3, 0.4) is 0 Å². The standard InChI is InChI=1S/C13H15N3S/c1-10(14-2)11-6-7-13(16-9-11)17-12-5-3-4-8-15-12/h3-10,14H,1-2H3. The number of aromatic nitrogens is 2. The van der Waals surface area contributed by atoms with Gasteiger partial charge in [0.25, 0.3) is 0 Å². The van der Waals surface area contributed by atoms with Gasteiger partial charge in [-0.15, -0.1) is 0 Å². The summed E-state index contributed by atoms with van der Waals surface area (Å²) in [6.07, 6.45) is 3.70. The minimum atomic E-state index is 0.330. The fraction of sp³-hybridized carbons (Fsp3) is 0.231. The molecule has 0 saturated heterocycles. The Hall–Kier alpha value is -1.39. The van der Waals surface area contributed by atoms with E-state index in [2.05, 4.69) is 28.3 Å². The summed E-state index contributed by atoms with van der Waals surface area (Å²) in [5.41, 5.74) is 1.19. The van der Waals surface area contributed by atoms with Gasteiger partial charge in [0.05, 0.1) is 0 Å². The molecule has 0 radical (unpaired) electrons. The monoisotopic (exact) mass is 245 g/mol. The molecule has 1 unspecified atom stereocenters. The van der Waals surface area contributed by atoms with Crippen molar-refractivity contribution >= 4 is 11.8 Å². The van der Waals surface area contributed by atoms with Gasteiger partial charge in [-0.3, -0.25) is 0 Å². The second-order valence-electron chi connectivity index (χ2n) is 3.71. The zero-order valence-electron chi connectivity index (χ0n) is 9.92. The molecule has 0 aliphatic rings. The summed E-state index contributed by atoms with van der Waals surface area (Å²) in [6.45, 7) is 2.11. The van der Waals surface area contributed by atoms with Crippen LogP contribution in [0.1, 0.15) is 18.5 Å². The molecule has 0 aliphatic heterocycles. The van der Waals surface area contributed by atoms with Crippen molar-refractivity contribution in [3.05, 3.63) is 48.3 Å². The van der Waals surface area contributed by atoms with E-state index >= 15 is 0 Å². The molecule has 1 N–H and O–H groups in total. The van der Waals surface area contributed by atoms with Crippen LogP contribution in [-0.2, 0) is 0 Å². The Morgan fingerprint density at radius 1 is 1.12 bits per heavy atom. The van der Waals surface area contributed by atoms with Gasteiger partial charge in [0.15, 0.2) is 0 Å². The van der Waals surface area contributed by atoms with E-state index in [1.807, 2.05) is 37.5 Å². The first-order chi connectivity index (χ1) is 8.29. The summed E-state index contributed by atoms with van der Waals surface area (Å²) in [6, 6.07) is 10.3. The molecule has 0 spiro atoms. The molecule has 2 aromatic heterocycles. The molecule has 4 heteroatoms. The number of nitrogens with zero attached hydrogens (tertiary/aromatic N) is 2. The Labute approximate surface area is 106 Å². The summed E-state index contributed by atoms with van der Waals surface area (Å²) in [5, 5.41) is 5.13. The summed E-state index contributed by atoms with van der Waals surface area (Å²) in [7, 11) is 1.95. The number of hydrogen-bond acceptors (Lipinski definition) is 4. The molecule has 88 valence electrons. The largest absolute Gasteiger partial charge is 0.313 e. The van der Waals surface area contributed by atoms with Crippen molar-refractivity contribution in [2.24, 2.45) is 0 Å². The number of nitrogens with one attached hydrogen (secondary N) is 1. The quantitative estimate of drug-likeness (QED) is 0.898. The van der Waals surface area contributed by atoms with E-state index in [1.165, 1.54) is 5.56 Å². The minimum absolute atomic E-state index is 0.330. The second-order valence-corrected chi connectivity index (χ2v) is 4.75. The molecular weight excluding hydrogens is 230 g/mol. The fourth-order valence-electron chi connectivity index (χ4n) is 1.39. The molecule has 2 heterocycles. The summed E-state index contributed by atoms with van der Waals surface area (Å²) < 4.78 is 0. The molecule has 0 aromatic carbocycles. The van der Waals surface area contributed by atoms with Crippen molar-refractivity contribution in [1.82, 2.24) is 15.3 Å². The molecule has 0 saturated carbocycles. The lowest BCUT2D eigenvalue weighted by molar-refractivity contribution is 0.648. The van der Waals surface area contributed by atoms with Gasteiger partial charge >= 0.3 is 0 Å². The topological polar surface area (TPSA) is 37.8 Å². The number of pyridine rings is 2. The van der Waals surface area contributed by atoms with E-state index in [0.717, 1.165) is 10.1 Å². The van der Waals surface area contributed by atoms with E-state index in [-0.39, 0.29) is 0 Å². The zero-order chi connectivity index (χ0) is 12.1. The fourth-order valence-corrected chi connectivity index (χ4v) is 2.11. The van der Waals surface area contributed by atoms with Gasteiger partial charge in [-0.1, -0.05) is 23.9 Å². The molecule has 2 aromatic rings. The third-order valence-corrected chi connectivity index (χ3v) is 3.44. The van der Waals surface area contributed by atoms with Crippen molar-refractivity contribution in [3.63, 3.8) is 0 Å². The molecule has 1 atom stereocenters. The van der Waals surface area contributed by atoms with Crippen LogP contribution in [0.5, 0.6) is 0 Å². The van der Waals surface area contributed by atoms with E-state index < -0.39 is 0 Å². The highest BCUT2D eigenvalue weighted by Gasteiger charge is 2.04. The predicted octanol–water partition coefficient (Wildman–Crippen LogP) is 2.91. The Bertz CT molecular complexity index is 456. The van der Waals surface area contributed by atoms with Crippen molar-refractivity contribution in [1.29, 1.82) is 0 Å². The van der Waals surface area contributed by atoms with Gasteiger partial charge in [0.2, 0.25) is 0 Å². The highest BCUT2D eigenvalue weighted by atomic mass is 32.2. The van der Waals surface area contributed by atoms with Crippen LogP contribution in [0.25, 0.3) is 0 Å². The van der Waals surface area contributed by atoms with Crippen LogP contribution in [0.15, 0.2) is 52.8 Å². The molecular formula is C13H15N3S. The third kappa shape index (κ3) is 3.28. The molecule has 3 nitrogen and oxygen atoms in total. The Morgan fingerprint density at radius 3 is 2.53 bits per heavy atom. The summed E-state index contributed by atoms with van der Waals surface area (Å²) in [5.74, 6) is 0. The second kappa shape index (κ2) is 5.80. The van der Waals surface area contributed by atoms with E-state index in [4.69, 9.17) is 0 Å². The lowest BCUT2D eigenvalue weighted by Gasteiger charge is -2.10. The summed E-state index contributed by atoms with van der Waals surface area (Å²) >= 11 is 1.57. The van der Waals surface area contributed by atoms with Crippen LogP contribution in [0, 0.1) is 0 Å². The minimum Gasteiger partial charge on any atom is -0.313 e. The maximum Gasteiger partial charge on any atom is 0.102 e. The first-order valence-electron chi connectivity index (χ1n) is 5.51. The lowest BCUT2D eigenvalue weighted by Crippen LogP contribution is -2.12. The Kier molecular flexibility index (Phi) is 4.12. The normalized spacial score (nSPS) is 12.4. The predicted molar refractivity (Wildman–Crippen MR) is 70.1 cm³/mol. The van der Waals surface area contributed by atoms with E-state index in [1.54, 1.807) is 18.0 Å². The number of hydrogen-bond donors (Lipinski definition) is 1. The van der Waals surface area contributed by atoms with E-state index in [0.29, 0.717) is 6.04 Å². The van der Waals surface area contributed by atoms with Crippen molar-refractivity contribution < 1.29 is 0 Å². The Balaban J connectivity index is 2.08.